The van der Waals surface area contributed by atoms with Crippen molar-refractivity contribution in [1.82, 2.24) is 4.90 Å². The largest absolute Gasteiger partial charge is 0.507 e. The lowest BCUT2D eigenvalue weighted by atomic mass is 9.93. The maximum absolute atomic E-state index is 13.1. The van der Waals surface area contributed by atoms with Gasteiger partial charge in [0.25, 0.3) is 11.7 Å². The molecule has 2 aromatic carbocycles. The number of ether oxygens (including phenoxy) is 1. The van der Waals surface area contributed by atoms with E-state index in [2.05, 4.69) is 0 Å². The zero-order valence-electron chi connectivity index (χ0n) is 18.9. The lowest BCUT2D eigenvalue weighted by Crippen LogP contribution is -2.31. The van der Waals surface area contributed by atoms with Crippen LogP contribution in [0.1, 0.15) is 61.9 Å². The molecule has 0 saturated carbocycles. The number of benzene rings is 2. The fourth-order valence-corrected chi connectivity index (χ4v) is 3.87. The number of hydrogen-bond acceptors (Lipinski definition) is 4. The number of aryl methyl sites for hydroxylation is 2. The summed E-state index contributed by atoms with van der Waals surface area (Å²) in [5.74, 6) is -0.777. The zero-order chi connectivity index (χ0) is 22.7. The molecule has 0 radical (unpaired) electrons. The zero-order valence-corrected chi connectivity index (χ0v) is 18.9. The molecule has 1 heterocycles. The predicted octanol–water partition coefficient (Wildman–Crippen LogP) is 5.31. The van der Waals surface area contributed by atoms with E-state index in [0.717, 1.165) is 24.0 Å². The quantitative estimate of drug-likeness (QED) is 0.374. The van der Waals surface area contributed by atoms with E-state index in [1.54, 1.807) is 11.0 Å². The van der Waals surface area contributed by atoms with Gasteiger partial charge in [-0.25, -0.2) is 0 Å². The second-order valence-electron chi connectivity index (χ2n) is 8.35. The number of amides is 1. The van der Waals surface area contributed by atoms with Crippen LogP contribution in [-0.2, 0) is 9.59 Å². The van der Waals surface area contributed by atoms with Crippen LogP contribution in [0, 0.1) is 13.8 Å². The molecule has 1 atom stereocenters. The maximum atomic E-state index is 13.1. The lowest BCUT2D eigenvalue weighted by Gasteiger charge is -2.27. The molecule has 5 nitrogen and oxygen atoms in total. The second-order valence-corrected chi connectivity index (χ2v) is 8.35. The molecule has 2 aromatic rings. The molecule has 0 aromatic heterocycles. The summed E-state index contributed by atoms with van der Waals surface area (Å²) in [6.45, 7) is 10.3. The smallest absolute Gasteiger partial charge is 0.295 e. The van der Waals surface area contributed by atoms with E-state index >= 15 is 0 Å². The molecule has 1 amide bonds. The van der Waals surface area contributed by atoms with Crippen molar-refractivity contribution < 1.29 is 19.4 Å². The Morgan fingerprint density at radius 2 is 1.81 bits per heavy atom. The number of unbranched alkanes of at least 4 members (excludes halogenated alkanes) is 1. The number of para-hydroxylation sites is 1. The number of nitrogens with zero attached hydrogens (tertiary/aromatic N) is 1. The number of likely N-dealkylation sites (tertiary alicyclic amines) is 1. The van der Waals surface area contributed by atoms with Crippen LogP contribution < -0.4 is 4.74 Å². The highest BCUT2D eigenvalue weighted by atomic mass is 16.5. The minimum Gasteiger partial charge on any atom is -0.507 e. The summed E-state index contributed by atoms with van der Waals surface area (Å²) in [6, 6.07) is 12.3. The van der Waals surface area contributed by atoms with Crippen LogP contribution in [0.3, 0.4) is 0 Å². The summed E-state index contributed by atoms with van der Waals surface area (Å²) in [5, 5.41) is 11.2. The number of carbonyl (C=O) groups is 2. The fourth-order valence-electron chi connectivity index (χ4n) is 3.87. The van der Waals surface area contributed by atoms with Crippen molar-refractivity contribution in [3.63, 3.8) is 0 Å². The number of carbonyl (C=O) groups excluding carboxylic acids is 2. The molecule has 164 valence electrons. The minimum absolute atomic E-state index is 0.0705. The van der Waals surface area contributed by atoms with Gasteiger partial charge in [-0.1, -0.05) is 43.7 Å². The Morgan fingerprint density at radius 3 is 2.45 bits per heavy atom. The molecule has 1 aliphatic rings. The van der Waals surface area contributed by atoms with Crippen LogP contribution in [0.25, 0.3) is 5.76 Å². The third kappa shape index (κ3) is 4.50. The summed E-state index contributed by atoms with van der Waals surface area (Å²) in [7, 11) is 0. The number of hydrogen-bond donors (Lipinski definition) is 1. The Kier molecular flexibility index (Phi) is 6.84. The molecule has 1 aliphatic heterocycles. The molecule has 5 heteroatoms. The summed E-state index contributed by atoms with van der Waals surface area (Å²) in [4.78, 5) is 27.7. The van der Waals surface area contributed by atoms with Crippen LogP contribution in [-0.4, -0.2) is 34.3 Å². The maximum Gasteiger partial charge on any atom is 0.295 e. The van der Waals surface area contributed by atoms with Gasteiger partial charge in [-0.15, -0.1) is 0 Å². The van der Waals surface area contributed by atoms with Gasteiger partial charge in [-0.05, 0) is 57.4 Å². The van der Waals surface area contributed by atoms with Crippen LogP contribution >= 0.6 is 0 Å². The molecule has 0 aliphatic carbocycles. The van der Waals surface area contributed by atoms with Gasteiger partial charge in [0.15, 0.2) is 0 Å². The van der Waals surface area contributed by atoms with E-state index in [1.165, 1.54) is 0 Å². The van der Waals surface area contributed by atoms with Gasteiger partial charge in [-0.3, -0.25) is 9.59 Å². The average molecular weight is 422 g/mol. The van der Waals surface area contributed by atoms with Crippen LogP contribution in [0.4, 0.5) is 0 Å². The van der Waals surface area contributed by atoms with Crippen molar-refractivity contribution in [2.45, 2.75) is 59.6 Å². The van der Waals surface area contributed by atoms with E-state index in [0.29, 0.717) is 23.4 Å². The first-order valence-electron chi connectivity index (χ1n) is 10.9. The highest BCUT2D eigenvalue weighted by Gasteiger charge is 2.46. The highest BCUT2D eigenvalue weighted by molar-refractivity contribution is 6.46. The molecular weight excluding hydrogens is 390 g/mol. The van der Waals surface area contributed by atoms with Crippen molar-refractivity contribution in [1.29, 1.82) is 0 Å². The van der Waals surface area contributed by atoms with E-state index in [4.69, 9.17) is 4.74 Å². The van der Waals surface area contributed by atoms with Gasteiger partial charge in [0.05, 0.1) is 17.7 Å². The van der Waals surface area contributed by atoms with Crippen LogP contribution in [0.2, 0.25) is 0 Å². The monoisotopic (exact) mass is 421 g/mol. The Labute approximate surface area is 184 Å². The van der Waals surface area contributed by atoms with E-state index in [-0.39, 0.29) is 17.4 Å². The van der Waals surface area contributed by atoms with Gasteiger partial charge in [0.2, 0.25) is 0 Å². The topological polar surface area (TPSA) is 66.8 Å². The summed E-state index contributed by atoms with van der Waals surface area (Å²) >= 11 is 0. The standard InChI is InChI=1S/C26H31NO4/c1-6-7-14-27-23(20-10-8-9-11-21(20)31-16(2)3)22(25(29)26(27)30)24(28)19-13-12-17(4)18(5)15-19/h8-13,15-16,23,28H,6-7,14H2,1-5H3/b24-22-. The van der Waals surface area contributed by atoms with Gasteiger partial charge in [0.1, 0.15) is 11.5 Å². The molecule has 1 unspecified atom stereocenters. The van der Waals surface area contributed by atoms with Crippen molar-refractivity contribution in [2.75, 3.05) is 6.54 Å². The number of rotatable bonds is 7. The molecule has 3 rings (SSSR count). The highest BCUT2D eigenvalue weighted by Crippen LogP contribution is 2.43. The van der Waals surface area contributed by atoms with Crippen molar-refractivity contribution in [2.24, 2.45) is 0 Å². The first-order valence-corrected chi connectivity index (χ1v) is 10.9. The predicted molar refractivity (Wildman–Crippen MR) is 122 cm³/mol. The molecule has 1 N–H and O–H groups in total. The molecule has 0 bridgehead atoms. The lowest BCUT2D eigenvalue weighted by molar-refractivity contribution is -0.139. The Hall–Kier alpha value is -3.08. The first-order chi connectivity index (χ1) is 14.8. The molecule has 0 spiro atoms. The normalized spacial score (nSPS) is 18.1. The van der Waals surface area contributed by atoms with E-state index in [9.17, 15) is 14.7 Å². The Bertz CT molecular complexity index is 1020. The molecule has 31 heavy (non-hydrogen) atoms. The summed E-state index contributed by atoms with van der Waals surface area (Å²) in [5.41, 5.74) is 3.45. The van der Waals surface area contributed by atoms with Gasteiger partial charge >= 0.3 is 0 Å². The average Bonchev–Trinajstić information content (AvgIpc) is 2.98. The molecular formula is C26H31NO4. The van der Waals surface area contributed by atoms with Crippen molar-refractivity contribution in [3.8, 4) is 5.75 Å². The Balaban J connectivity index is 2.22. The third-order valence-corrected chi connectivity index (χ3v) is 5.65. The van der Waals surface area contributed by atoms with Gasteiger partial charge in [-0.2, -0.15) is 0 Å². The van der Waals surface area contributed by atoms with Gasteiger partial charge in [0, 0.05) is 17.7 Å². The summed E-state index contributed by atoms with van der Waals surface area (Å²) < 4.78 is 6.00. The number of ketones is 1. The SMILES string of the molecule is CCCCN1C(=O)C(=O)/C(=C(\O)c2ccc(C)c(C)c2)C1c1ccccc1OC(C)C. The molecule has 1 fully saturated rings. The van der Waals surface area contributed by atoms with Gasteiger partial charge < -0.3 is 14.7 Å². The fraction of sp³-hybridized carbons (Fsp3) is 0.385. The minimum atomic E-state index is -0.692. The van der Waals surface area contributed by atoms with Crippen molar-refractivity contribution >= 4 is 17.4 Å². The third-order valence-electron chi connectivity index (χ3n) is 5.65. The summed E-state index contributed by atoms with van der Waals surface area (Å²) in [6.07, 6.45) is 1.58. The number of aliphatic hydroxyl groups excluding tert-OH is 1. The molecule has 1 saturated heterocycles. The number of Topliss-reactive ketones (excluding diaryl/α,β-unsaturated/α-hetero) is 1. The Morgan fingerprint density at radius 1 is 1.10 bits per heavy atom. The van der Waals surface area contributed by atoms with E-state index < -0.39 is 17.7 Å². The van der Waals surface area contributed by atoms with Crippen LogP contribution in [0.5, 0.6) is 5.75 Å². The van der Waals surface area contributed by atoms with Crippen LogP contribution in [0.15, 0.2) is 48.0 Å². The first kappa shape index (κ1) is 22.6. The second kappa shape index (κ2) is 9.38. The van der Waals surface area contributed by atoms with Crippen molar-refractivity contribution in [3.05, 3.63) is 70.3 Å². The number of aliphatic hydroxyl groups is 1. The van der Waals surface area contributed by atoms with E-state index in [1.807, 2.05) is 71.0 Å².